The van der Waals surface area contributed by atoms with Crippen LogP contribution in [0.2, 0.25) is 0 Å². The van der Waals surface area contributed by atoms with Crippen molar-refractivity contribution in [2.24, 2.45) is 10.9 Å². The molecule has 5 nitrogen and oxygen atoms in total. The average Bonchev–Trinajstić information content (AvgIpc) is 3.17. The molecule has 6 heteroatoms. The number of ether oxygens (including phenoxy) is 2. The lowest BCUT2D eigenvalue weighted by Crippen LogP contribution is -2.38. The standard InChI is InChI=1S/C16H31N3O2.HI/c1-2-17-16(18-9-3-5-14-6-7-14)19-10-4-11-21-15-8-12-20-13-15;/h14-15H,2-13H2,1H3,(H2,17,18,19);1H. The number of halogens is 1. The maximum absolute atomic E-state index is 5.74. The van der Waals surface area contributed by atoms with E-state index < -0.39 is 0 Å². The van der Waals surface area contributed by atoms with Crippen molar-refractivity contribution < 1.29 is 9.47 Å². The summed E-state index contributed by atoms with van der Waals surface area (Å²) >= 11 is 0. The summed E-state index contributed by atoms with van der Waals surface area (Å²) in [5, 5.41) is 6.71. The van der Waals surface area contributed by atoms with E-state index >= 15 is 0 Å². The Hall–Kier alpha value is -0.0800. The van der Waals surface area contributed by atoms with Gasteiger partial charge in [0.05, 0.1) is 12.7 Å². The maximum Gasteiger partial charge on any atom is 0.191 e. The van der Waals surface area contributed by atoms with Crippen molar-refractivity contribution in [1.29, 1.82) is 0 Å². The summed E-state index contributed by atoms with van der Waals surface area (Å²) in [6.07, 6.45) is 7.82. The van der Waals surface area contributed by atoms with Crippen molar-refractivity contribution in [3.63, 3.8) is 0 Å². The lowest BCUT2D eigenvalue weighted by Gasteiger charge is -2.12. The number of nitrogens with one attached hydrogen (secondary N) is 2. The van der Waals surface area contributed by atoms with E-state index in [2.05, 4.69) is 22.5 Å². The summed E-state index contributed by atoms with van der Waals surface area (Å²) < 4.78 is 11.0. The normalized spacial score (nSPS) is 21.5. The van der Waals surface area contributed by atoms with Crippen LogP contribution in [0.15, 0.2) is 4.99 Å². The predicted molar refractivity (Wildman–Crippen MR) is 101 cm³/mol. The SMILES string of the molecule is CCNC(=NCCCOC1CCOC1)NCCCC1CC1.I. The lowest BCUT2D eigenvalue weighted by atomic mass is 10.2. The van der Waals surface area contributed by atoms with Gasteiger partial charge in [-0.15, -0.1) is 24.0 Å². The quantitative estimate of drug-likeness (QED) is 0.245. The van der Waals surface area contributed by atoms with Gasteiger partial charge in [-0.05, 0) is 38.5 Å². The fourth-order valence-electron chi connectivity index (χ4n) is 2.50. The van der Waals surface area contributed by atoms with Gasteiger partial charge < -0.3 is 20.1 Å². The Morgan fingerprint density at radius 1 is 1.23 bits per heavy atom. The number of hydrogen-bond acceptors (Lipinski definition) is 3. The predicted octanol–water partition coefficient (Wildman–Crippen LogP) is 2.55. The third kappa shape index (κ3) is 9.15. The fraction of sp³-hybridized carbons (Fsp3) is 0.938. The highest BCUT2D eigenvalue weighted by molar-refractivity contribution is 14.0. The Kier molecular flexibility index (Phi) is 11.2. The van der Waals surface area contributed by atoms with Crippen LogP contribution in [0.25, 0.3) is 0 Å². The van der Waals surface area contributed by atoms with Crippen molar-refractivity contribution in [2.75, 3.05) is 39.5 Å². The number of hydrogen-bond donors (Lipinski definition) is 2. The molecule has 130 valence electrons. The molecule has 2 aliphatic rings. The minimum absolute atomic E-state index is 0. The van der Waals surface area contributed by atoms with Gasteiger partial charge in [0, 0.05) is 32.8 Å². The zero-order valence-electron chi connectivity index (χ0n) is 13.8. The van der Waals surface area contributed by atoms with E-state index in [0.717, 1.165) is 64.2 Å². The first-order valence-electron chi connectivity index (χ1n) is 8.60. The largest absolute Gasteiger partial charge is 0.379 e. The minimum Gasteiger partial charge on any atom is -0.379 e. The average molecular weight is 425 g/mol. The van der Waals surface area contributed by atoms with Crippen molar-refractivity contribution in [3.8, 4) is 0 Å². The number of aliphatic imine (C=N–C) groups is 1. The summed E-state index contributed by atoms with van der Waals surface area (Å²) in [6.45, 7) is 7.23. The Labute approximate surface area is 152 Å². The van der Waals surface area contributed by atoms with E-state index in [9.17, 15) is 0 Å². The molecule has 2 fully saturated rings. The van der Waals surface area contributed by atoms with Gasteiger partial charge in [0.15, 0.2) is 5.96 Å². The van der Waals surface area contributed by atoms with Crippen LogP contribution in [-0.2, 0) is 9.47 Å². The maximum atomic E-state index is 5.74. The molecule has 2 N–H and O–H groups in total. The van der Waals surface area contributed by atoms with Crippen LogP contribution in [-0.4, -0.2) is 51.5 Å². The Morgan fingerprint density at radius 3 is 2.77 bits per heavy atom. The molecule has 2 rings (SSSR count). The summed E-state index contributed by atoms with van der Waals surface area (Å²) in [6, 6.07) is 0. The Bertz CT molecular complexity index is 306. The molecule has 1 heterocycles. The van der Waals surface area contributed by atoms with Crippen molar-refractivity contribution in [3.05, 3.63) is 0 Å². The molecule has 0 spiro atoms. The highest BCUT2D eigenvalue weighted by atomic mass is 127. The molecule has 0 amide bonds. The summed E-state index contributed by atoms with van der Waals surface area (Å²) in [4.78, 5) is 4.59. The zero-order chi connectivity index (χ0) is 14.8. The Morgan fingerprint density at radius 2 is 2.09 bits per heavy atom. The topological polar surface area (TPSA) is 54.9 Å². The molecule has 1 saturated heterocycles. The molecule has 0 radical (unpaired) electrons. The molecule has 1 unspecified atom stereocenters. The third-order valence-electron chi connectivity index (χ3n) is 3.94. The van der Waals surface area contributed by atoms with Gasteiger partial charge in [0.1, 0.15) is 0 Å². The van der Waals surface area contributed by atoms with E-state index in [1.165, 1.54) is 25.7 Å². The molecule has 0 aromatic carbocycles. The van der Waals surface area contributed by atoms with E-state index in [1.807, 2.05) is 0 Å². The lowest BCUT2D eigenvalue weighted by molar-refractivity contribution is 0.0424. The number of nitrogens with zero attached hydrogens (tertiary/aromatic N) is 1. The summed E-state index contributed by atoms with van der Waals surface area (Å²) in [5.74, 6) is 1.96. The molecule has 1 atom stereocenters. The zero-order valence-corrected chi connectivity index (χ0v) is 16.1. The van der Waals surface area contributed by atoms with Crippen LogP contribution >= 0.6 is 24.0 Å². The highest BCUT2D eigenvalue weighted by Crippen LogP contribution is 2.33. The van der Waals surface area contributed by atoms with Crippen LogP contribution < -0.4 is 10.6 Å². The highest BCUT2D eigenvalue weighted by Gasteiger charge is 2.20. The molecule has 1 aliphatic carbocycles. The molecule has 1 aliphatic heterocycles. The van der Waals surface area contributed by atoms with E-state index in [-0.39, 0.29) is 24.0 Å². The van der Waals surface area contributed by atoms with Gasteiger partial charge in [0.2, 0.25) is 0 Å². The first-order valence-corrected chi connectivity index (χ1v) is 8.60. The van der Waals surface area contributed by atoms with Crippen LogP contribution in [0.1, 0.15) is 45.4 Å². The van der Waals surface area contributed by atoms with Gasteiger partial charge in [0.25, 0.3) is 0 Å². The Balaban J connectivity index is 0.00000242. The molecule has 0 aromatic heterocycles. The van der Waals surface area contributed by atoms with Gasteiger partial charge in [-0.3, -0.25) is 4.99 Å². The second kappa shape index (κ2) is 12.4. The van der Waals surface area contributed by atoms with Gasteiger partial charge in [-0.25, -0.2) is 0 Å². The summed E-state index contributed by atoms with van der Waals surface area (Å²) in [7, 11) is 0. The first kappa shape index (κ1) is 20.0. The van der Waals surface area contributed by atoms with Crippen LogP contribution in [0, 0.1) is 5.92 Å². The van der Waals surface area contributed by atoms with Crippen molar-refractivity contribution in [1.82, 2.24) is 10.6 Å². The second-order valence-corrected chi connectivity index (χ2v) is 5.98. The molecule has 0 aromatic rings. The smallest absolute Gasteiger partial charge is 0.191 e. The van der Waals surface area contributed by atoms with Gasteiger partial charge >= 0.3 is 0 Å². The fourth-order valence-corrected chi connectivity index (χ4v) is 2.50. The minimum atomic E-state index is 0. The molecule has 1 saturated carbocycles. The van der Waals surface area contributed by atoms with Crippen LogP contribution in [0.5, 0.6) is 0 Å². The monoisotopic (exact) mass is 425 g/mol. The number of rotatable bonds is 10. The van der Waals surface area contributed by atoms with Crippen LogP contribution in [0.3, 0.4) is 0 Å². The molecule has 22 heavy (non-hydrogen) atoms. The molecule has 0 bridgehead atoms. The first-order chi connectivity index (χ1) is 10.4. The molecular weight excluding hydrogens is 393 g/mol. The second-order valence-electron chi connectivity index (χ2n) is 5.98. The van der Waals surface area contributed by atoms with Crippen LogP contribution in [0.4, 0.5) is 0 Å². The number of guanidine groups is 1. The summed E-state index contributed by atoms with van der Waals surface area (Å²) in [5.41, 5.74) is 0. The van der Waals surface area contributed by atoms with Gasteiger partial charge in [-0.1, -0.05) is 12.8 Å². The van der Waals surface area contributed by atoms with Crippen molar-refractivity contribution >= 4 is 29.9 Å². The van der Waals surface area contributed by atoms with E-state index in [1.54, 1.807) is 0 Å². The third-order valence-corrected chi connectivity index (χ3v) is 3.94. The van der Waals surface area contributed by atoms with E-state index in [0.29, 0.717) is 6.10 Å². The van der Waals surface area contributed by atoms with Gasteiger partial charge in [-0.2, -0.15) is 0 Å². The van der Waals surface area contributed by atoms with Crippen molar-refractivity contribution in [2.45, 2.75) is 51.6 Å². The van der Waals surface area contributed by atoms with E-state index in [4.69, 9.17) is 9.47 Å². The molecular formula is C16H32IN3O2.